The van der Waals surface area contributed by atoms with Crippen molar-refractivity contribution in [2.45, 2.75) is 31.2 Å². The summed E-state index contributed by atoms with van der Waals surface area (Å²) < 4.78 is 36.6. The predicted molar refractivity (Wildman–Crippen MR) is 71.6 cm³/mol. The van der Waals surface area contributed by atoms with E-state index in [0.717, 1.165) is 0 Å². The summed E-state index contributed by atoms with van der Waals surface area (Å²) in [5.74, 6) is -2.36. The number of amides is 1. The topological polar surface area (TPSA) is 132 Å². The maximum Gasteiger partial charge on any atom is 0.271 e. The van der Waals surface area contributed by atoms with Crippen LogP contribution in [0.4, 0.5) is 10.1 Å². The summed E-state index contributed by atoms with van der Waals surface area (Å²) in [6, 6.07) is 0.834. The number of nitrogens with two attached hydrogens (primary N) is 1. The van der Waals surface area contributed by atoms with Gasteiger partial charge < -0.3 is 5.32 Å². The molecule has 10 heteroatoms. The predicted octanol–water partition coefficient (Wildman–Crippen LogP) is 0.910. The first-order valence-electron chi connectivity index (χ1n) is 5.89. The summed E-state index contributed by atoms with van der Waals surface area (Å²) in [5.41, 5.74) is -1.48. The highest BCUT2D eigenvalue weighted by atomic mass is 32.2. The summed E-state index contributed by atoms with van der Waals surface area (Å²) in [6.07, 6.45) is 0.546. The van der Waals surface area contributed by atoms with Gasteiger partial charge in [-0.3, -0.25) is 14.9 Å². The van der Waals surface area contributed by atoms with Crippen molar-refractivity contribution in [2.24, 2.45) is 5.14 Å². The first-order valence-corrected chi connectivity index (χ1v) is 7.44. The fraction of sp³-hybridized carbons (Fsp3) is 0.364. The third kappa shape index (κ3) is 3.95. The van der Waals surface area contributed by atoms with Gasteiger partial charge in [0.2, 0.25) is 10.0 Å². The lowest BCUT2D eigenvalue weighted by Crippen LogP contribution is -2.33. The molecule has 0 fully saturated rings. The van der Waals surface area contributed by atoms with Crippen LogP contribution >= 0.6 is 0 Å². The number of nitrogens with one attached hydrogen (secondary N) is 1. The number of hydrogen-bond acceptors (Lipinski definition) is 5. The molecule has 21 heavy (non-hydrogen) atoms. The van der Waals surface area contributed by atoms with Crippen molar-refractivity contribution in [2.75, 3.05) is 0 Å². The molecule has 1 atom stereocenters. The highest BCUT2D eigenvalue weighted by molar-refractivity contribution is 7.89. The summed E-state index contributed by atoms with van der Waals surface area (Å²) in [4.78, 5) is 20.6. The Morgan fingerprint density at radius 2 is 2.10 bits per heavy atom. The van der Waals surface area contributed by atoms with Crippen LogP contribution in [0.15, 0.2) is 17.0 Å². The standard InChI is InChI=1S/C11H14FN3O5S/c1-3-6(2)14-11(16)8-4-7(15(17)18)5-9(10(8)12)21(13,19)20/h4-6H,3H2,1-2H3,(H,14,16)(H2,13,19,20). The molecular weight excluding hydrogens is 305 g/mol. The zero-order chi connectivity index (χ0) is 16.4. The zero-order valence-electron chi connectivity index (χ0n) is 11.3. The summed E-state index contributed by atoms with van der Waals surface area (Å²) in [7, 11) is -4.54. The maximum absolute atomic E-state index is 14.1. The Kier molecular flexibility index (Phi) is 4.97. The van der Waals surface area contributed by atoms with Crippen LogP contribution in [0.3, 0.4) is 0 Å². The molecule has 0 aliphatic carbocycles. The number of rotatable bonds is 5. The number of benzene rings is 1. The van der Waals surface area contributed by atoms with Gasteiger partial charge in [-0.2, -0.15) is 0 Å². The van der Waals surface area contributed by atoms with E-state index in [1.54, 1.807) is 13.8 Å². The number of halogens is 1. The molecule has 1 aromatic carbocycles. The molecule has 0 aliphatic heterocycles. The largest absolute Gasteiger partial charge is 0.350 e. The fourth-order valence-electron chi connectivity index (χ4n) is 1.46. The fourth-order valence-corrected chi connectivity index (χ4v) is 2.11. The summed E-state index contributed by atoms with van der Waals surface area (Å²) >= 11 is 0. The molecule has 116 valence electrons. The van der Waals surface area contributed by atoms with Gasteiger partial charge >= 0.3 is 0 Å². The van der Waals surface area contributed by atoms with E-state index >= 15 is 0 Å². The Morgan fingerprint density at radius 3 is 2.52 bits per heavy atom. The molecule has 0 saturated carbocycles. The average Bonchev–Trinajstić information content (AvgIpc) is 2.36. The molecule has 1 rings (SSSR count). The lowest BCUT2D eigenvalue weighted by molar-refractivity contribution is -0.385. The monoisotopic (exact) mass is 319 g/mol. The number of carbonyl (C=O) groups is 1. The summed E-state index contributed by atoms with van der Waals surface area (Å²) in [6.45, 7) is 3.41. The smallest absolute Gasteiger partial charge is 0.271 e. The van der Waals surface area contributed by atoms with Crippen molar-refractivity contribution in [3.05, 3.63) is 33.6 Å². The van der Waals surface area contributed by atoms with Gasteiger partial charge in [-0.05, 0) is 13.3 Å². The average molecular weight is 319 g/mol. The van der Waals surface area contributed by atoms with Crippen LogP contribution in [0.1, 0.15) is 30.6 Å². The molecule has 0 aromatic heterocycles. The SMILES string of the molecule is CCC(C)NC(=O)c1cc([N+](=O)[O-])cc(S(N)(=O)=O)c1F. The Labute approximate surface area is 120 Å². The molecule has 3 N–H and O–H groups in total. The van der Waals surface area contributed by atoms with Crippen molar-refractivity contribution in [3.8, 4) is 0 Å². The second kappa shape index (κ2) is 6.14. The third-order valence-electron chi connectivity index (χ3n) is 2.78. The van der Waals surface area contributed by atoms with E-state index in [4.69, 9.17) is 5.14 Å². The van der Waals surface area contributed by atoms with Crippen LogP contribution in [0, 0.1) is 15.9 Å². The lowest BCUT2D eigenvalue weighted by Gasteiger charge is -2.12. The molecule has 1 unspecified atom stereocenters. The number of sulfonamides is 1. The molecule has 1 amide bonds. The molecule has 0 saturated heterocycles. The van der Waals surface area contributed by atoms with Gasteiger partial charge in [0.15, 0.2) is 5.82 Å². The van der Waals surface area contributed by atoms with Gasteiger partial charge in [0.25, 0.3) is 11.6 Å². The minimum atomic E-state index is -4.54. The second-order valence-electron chi connectivity index (χ2n) is 4.39. The number of nitrogens with zero attached hydrogens (tertiary/aromatic N) is 1. The Balaban J connectivity index is 3.48. The molecule has 1 aromatic rings. The van der Waals surface area contributed by atoms with Gasteiger partial charge in [0.05, 0.1) is 10.5 Å². The summed E-state index contributed by atoms with van der Waals surface area (Å²) in [5, 5.41) is 18.0. The van der Waals surface area contributed by atoms with E-state index in [0.29, 0.717) is 18.6 Å². The Hall–Kier alpha value is -2.07. The van der Waals surface area contributed by atoms with Gasteiger partial charge in [-0.25, -0.2) is 17.9 Å². The van der Waals surface area contributed by atoms with Gasteiger partial charge in [0.1, 0.15) is 4.90 Å². The number of hydrogen-bond donors (Lipinski definition) is 2. The maximum atomic E-state index is 14.1. The van der Waals surface area contributed by atoms with Crippen LogP contribution in [0.25, 0.3) is 0 Å². The van der Waals surface area contributed by atoms with Gasteiger partial charge in [-0.15, -0.1) is 0 Å². The number of carbonyl (C=O) groups excluding carboxylic acids is 1. The minimum absolute atomic E-state index is 0.311. The zero-order valence-corrected chi connectivity index (χ0v) is 12.1. The highest BCUT2D eigenvalue weighted by Gasteiger charge is 2.26. The first kappa shape index (κ1) is 17.0. The van der Waals surface area contributed by atoms with E-state index in [1.165, 1.54) is 0 Å². The second-order valence-corrected chi connectivity index (χ2v) is 5.92. The van der Waals surface area contributed by atoms with Crippen molar-refractivity contribution < 1.29 is 22.5 Å². The molecule has 0 bridgehead atoms. The Bertz CT molecular complexity index is 689. The van der Waals surface area contributed by atoms with Gasteiger partial charge in [0, 0.05) is 18.2 Å². The van der Waals surface area contributed by atoms with E-state index in [2.05, 4.69) is 5.32 Å². The quantitative estimate of drug-likeness (QED) is 0.615. The van der Waals surface area contributed by atoms with E-state index in [1.807, 2.05) is 0 Å². The Morgan fingerprint density at radius 1 is 1.52 bits per heavy atom. The van der Waals surface area contributed by atoms with Crippen molar-refractivity contribution in [3.63, 3.8) is 0 Å². The minimum Gasteiger partial charge on any atom is -0.350 e. The highest BCUT2D eigenvalue weighted by Crippen LogP contribution is 2.24. The van der Waals surface area contributed by atoms with E-state index < -0.39 is 42.8 Å². The van der Waals surface area contributed by atoms with Crippen molar-refractivity contribution >= 4 is 21.6 Å². The molecule has 0 radical (unpaired) electrons. The number of primary sulfonamides is 1. The number of non-ortho nitro benzene ring substituents is 1. The van der Waals surface area contributed by atoms with Crippen molar-refractivity contribution in [1.82, 2.24) is 5.32 Å². The molecule has 0 aliphatic rings. The third-order valence-corrected chi connectivity index (χ3v) is 3.69. The molecule has 0 heterocycles. The number of nitro groups is 1. The first-order chi connectivity index (χ1) is 9.57. The van der Waals surface area contributed by atoms with Gasteiger partial charge in [-0.1, -0.05) is 6.92 Å². The number of nitro benzene ring substituents is 1. The molecular formula is C11H14FN3O5S. The van der Waals surface area contributed by atoms with E-state index in [-0.39, 0.29) is 6.04 Å². The van der Waals surface area contributed by atoms with Crippen LogP contribution < -0.4 is 10.5 Å². The van der Waals surface area contributed by atoms with Crippen LogP contribution in [-0.4, -0.2) is 25.3 Å². The molecule has 0 spiro atoms. The van der Waals surface area contributed by atoms with Crippen molar-refractivity contribution in [1.29, 1.82) is 0 Å². The van der Waals surface area contributed by atoms with Crippen LogP contribution in [-0.2, 0) is 10.0 Å². The molecule has 8 nitrogen and oxygen atoms in total. The normalized spacial score (nSPS) is 12.8. The van der Waals surface area contributed by atoms with E-state index in [9.17, 15) is 27.7 Å². The lowest BCUT2D eigenvalue weighted by atomic mass is 10.1. The van der Waals surface area contributed by atoms with Crippen LogP contribution in [0.5, 0.6) is 0 Å². The van der Waals surface area contributed by atoms with Crippen LogP contribution in [0.2, 0.25) is 0 Å².